The quantitative estimate of drug-likeness (QED) is 0.167. The molecule has 0 spiro atoms. The summed E-state index contributed by atoms with van der Waals surface area (Å²) in [5.41, 5.74) is 12.3. The maximum atomic E-state index is 5.05. The summed E-state index contributed by atoms with van der Waals surface area (Å²) in [6.45, 7) is 6.00. The van der Waals surface area contributed by atoms with E-state index in [1.165, 1.54) is 38.5 Å². The van der Waals surface area contributed by atoms with Gasteiger partial charge in [0.15, 0.2) is 5.82 Å². The number of hydrogen-bond donors (Lipinski definition) is 0. The first-order chi connectivity index (χ1) is 23.7. The number of aromatic nitrogens is 3. The summed E-state index contributed by atoms with van der Waals surface area (Å²) < 4.78 is 2.46. The molecule has 8 rings (SSSR count). The van der Waals surface area contributed by atoms with Crippen LogP contribution < -0.4 is 0 Å². The molecule has 48 heavy (non-hydrogen) atoms. The zero-order valence-electron chi connectivity index (χ0n) is 27.0. The van der Waals surface area contributed by atoms with Crippen LogP contribution in [0, 0.1) is 0 Å². The SMILES string of the molecule is C=C/C=C(\C=C/C)c1ccc2ccc3c(c4c(n3-c3ccc(-c5cc(-c6ccccc6)nc(-c6ccccc6)n5)cc3)CCC=C4)c2c1. The van der Waals surface area contributed by atoms with Crippen LogP contribution in [0.4, 0.5) is 0 Å². The minimum absolute atomic E-state index is 0.722. The van der Waals surface area contributed by atoms with Gasteiger partial charge >= 0.3 is 0 Å². The Morgan fingerprint density at radius 1 is 0.750 bits per heavy atom. The van der Waals surface area contributed by atoms with Crippen molar-refractivity contribution in [1.29, 1.82) is 0 Å². The standard InChI is InChI=1S/C45H35N3/c1-3-13-31(14-4-2)36-22-21-32-25-28-43-44(39(32)29-36)38-19-11-12-20-42(38)48(43)37-26-23-34(24-27-37)41-30-40(33-15-7-5-8-16-33)46-45(47-41)35-17-9-6-10-18-35/h3-11,13-19,21-30H,1,12,20H2,2H3/b14-4-,31-13+. The zero-order valence-corrected chi connectivity index (χ0v) is 27.0. The predicted octanol–water partition coefficient (Wildman–Crippen LogP) is 11.7. The minimum atomic E-state index is 0.722. The van der Waals surface area contributed by atoms with Crippen LogP contribution in [0.1, 0.15) is 30.2 Å². The van der Waals surface area contributed by atoms with Crippen LogP contribution in [-0.2, 0) is 6.42 Å². The summed E-state index contributed by atoms with van der Waals surface area (Å²) in [5.74, 6) is 0.722. The fourth-order valence-electron chi connectivity index (χ4n) is 6.91. The van der Waals surface area contributed by atoms with E-state index in [-0.39, 0.29) is 0 Å². The van der Waals surface area contributed by atoms with Crippen LogP contribution in [0.3, 0.4) is 0 Å². The average Bonchev–Trinajstić information content (AvgIpc) is 3.50. The van der Waals surface area contributed by atoms with Gasteiger partial charge in [-0.05, 0) is 72.0 Å². The molecule has 0 aliphatic heterocycles. The van der Waals surface area contributed by atoms with Crippen molar-refractivity contribution in [1.82, 2.24) is 14.5 Å². The third-order valence-corrected chi connectivity index (χ3v) is 9.15. The van der Waals surface area contributed by atoms with E-state index in [2.05, 4.69) is 146 Å². The van der Waals surface area contributed by atoms with Gasteiger partial charge < -0.3 is 4.57 Å². The molecule has 2 aromatic heterocycles. The van der Waals surface area contributed by atoms with E-state index in [0.29, 0.717) is 0 Å². The van der Waals surface area contributed by atoms with Gasteiger partial charge in [-0.2, -0.15) is 0 Å². The third-order valence-electron chi connectivity index (χ3n) is 9.15. The molecule has 3 heteroatoms. The van der Waals surface area contributed by atoms with Gasteiger partial charge in [0.2, 0.25) is 0 Å². The monoisotopic (exact) mass is 617 g/mol. The van der Waals surface area contributed by atoms with Crippen LogP contribution in [0.2, 0.25) is 0 Å². The second kappa shape index (κ2) is 12.6. The predicted molar refractivity (Wildman–Crippen MR) is 203 cm³/mol. The number of rotatable bonds is 7. The molecule has 5 aromatic carbocycles. The largest absolute Gasteiger partial charge is 0.313 e. The molecule has 7 aromatic rings. The van der Waals surface area contributed by atoms with Crippen molar-refractivity contribution < 1.29 is 0 Å². The van der Waals surface area contributed by atoms with Crippen LogP contribution in [0.25, 0.3) is 72.9 Å². The molecule has 1 aliphatic carbocycles. The highest BCUT2D eigenvalue weighted by Gasteiger charge is 2.21. The van der Waals surface area contributed by atoms with Crippen molar-refractivity contribution in [3.8, 4) is 39.6 Å². The van der Waals surface area contributed by atoms with Gasteiger partial charge in [-0.1, -0.05) is 134 Å². The van der Waals surface area contributed by atoms with Crippen molar-refractivity contribution in [2.45, 2.75) is 19.8 Å². The van der Waals surface area contributed by atoms with Gasteiger partial charge in [0.1, 0.15) is 0 Å². The normalized spacial score (nSPS) is 13.0. The van der Waals surface area contributed by atoms with Crippen molar-refractivity contribution in [3.63, 3.8) is 0 Å². The van der Waals surface area contributed by atoms with Crippen molar-refractivity contribution >= 4 is 33.3 Å². The van der Waals surface area contributed by atoms with Gasteiger partial charge in [-0.25, -0.2) is 9.97 Å². The van der Waals surface area contributed by atoms with Gasteiger partial charge in [0.05, 0.1) is 16.9 Å². The van der Waals surface area contributed by atoms with Crippen LogP contribution >= 0.6 is 0 Å². The number of nitrogens with zero attached hydrogens (tertiary/aromatic N) is 3. The number of fused-ring (bicyclic) bond motifs is 5. The lowest BCUT2D eigenvalue weighted by molar-refractivity contribution is 0.888. The maximum absolute atomic E-state index is 5.05. The Balaban J connectivity index is 1.27. The second-order valence-corrected chi connectivity index (χ2v) is 12.1. The van der Waals surface area contributed by atoms with Crippen molar-refractivity contribution in [3.05, 3.63) is 175 Å². The molecule has 0 fully saturated rings. The Morgan fingerprint density at radius 2 is 1.44 bits per heavy atom. The van der Waals surface area contributed by atoms with E-state index in [1.807, 2.05) is 30.3 Å². The molecule has 0 bridgehead atoms. The molecule has 0 radical (unpaired) electrons. The lowest BCUT2D eigenvalue weighted by Crippen LogP contribution is -2.03. The van der Waals surface area contributed by atoms with Crippen LogP contribution in [0.5, 0.6) is 0 Å². The molecular formula is C45H35N3. The Hall–Kier alpha value is -6.06. The van der Waals surface area contributed by atoms with E-state index in [0.717, 1.165) is 58.0 Å². The Morgan fingerprint density at radius 3 is 2.15 bits per heavy atom. The molecule has 0 N–H and O–H groups in total. The fourth-order valence-corrected chi connectivity index (χ4v) is 6.91. The highest BCUT2D eigenvalue weighted by Crippen LogP contribution is 2.39. The van der Waals surface area contributed by atoms with Crippen LogP contribution in [0.15, 0.2) is 158 Å². The summed E-state index contributed by atoms with van der Waals surface area (Å²) in [4.78, 5) is 10.0. The summed E-state index contributed by atoms with van der Waals surface area (Å²) >= 11 is 0. The van der Waals surface area contributed by atoms with Gasteiger partial charge in [0, 0.05) is 39.0 Å². The maximum Gasteiger partial charge on any atom is 0.160 e. The molecule has 0 unspecified atom stereocenters. The Labute approximate surface area is 281 Å². The zero-order chi connectivity index (χ0) is 32.5. The molecule has 3 nitrogen and oxygen atoms in total. The van der Waals surface area contributed by atoms with E-state index >= 15 is 0 Å². The van der Waals surface area contributed by atoms with Gasteiger partial charge in [-0.3, -0.25) is 0 Å². The van der Waals surface area contributed by atoms with Crippen LogP contribution in [-0.4, -0.2) is 14.5 Å². The topological polar surface area (TPSA) is 30.7 Å². The molecule has 230 valence electrons. The summed E-state index contributed by atoms with van der Waals surface area (Å²) in [6, 6.07) is 42.8. The summed E-state index contributed by atoms with van der Waals surface area (Å²) in [6.07, 6.45) is 14.8. The first-order valence-electron chi connectivity index (χ1n) is 16.5. The number of allylic oxidation sites excluding steroid dienone is 6. The molecule has 0 atom stereocenters. The van der Waals surface area contributed by atoms with E-state index in [1.54, 1.807) is 0 Å². The van der Waals surface area contributed by atoms with E-state index in [9.17, 15) is 0 Å². The summed E-state index contributed by atoms with van der Waals surface area (Å²) in [7, 11) is 0. The molecular weight excluding hydrogens is 583 g/mol. The number of benzene rings is 5. The lowest BCUT2D eigenvalue weighted by Gasteiger charge is -2.14. The van der Waals surface area contributed by atoms with Gasteiger partial charge in [-0.15, -0.1) is 0 Å². The third kappa shape index (κ3) is 5.30. The van der Waals surface area contributed by atoms with E-state index in [4.69, 9.17) is 9.97 Å². The van der Waals surface area contributed by atoms with Gasteiger partial charge in [0.25, 0.3) is 0 Å². The minimum Gasteiger partial charge on any atom is -0.313 e. The second-order valence-electron chi connectivity index (χ2n) is 12.1. The Kier molecular flexibility index (Phi) is 7.72. The highest BCUT2D eigenvalue weighted by molar-refractivity contribution is 6.13. The molecule has 1 aliphatic rings. The molecule has 0 saturated carbocycles. The average molecular weight is 618 g/mol. The molecule has 0 amide bonds. The van der Waals surface area contributed by atoms with Crippen molar-refractivity contribution in [2.75, 3.05) is 0 Å². The van der Waals surface area contributed by atoms with Crippen molar-refractivity contribution in [2.24, 2.45) is 0 Å². The van der Waals surface area contributed by atoms with E-state index < -0.39 is 0 Å². The Bertz CT molecular complexity index is 2330. The number of hydrogen-bond acceptors (Lipinski definition) is 2. The fraction of sp³-hybridized carbons (Fsp3) is 0.0667. The first-order valence-corrected chi connectivity index (χ1v) is 16.5. The first kappa shape index (κ1) is 29.3. The molecule has 2 heterocycles. The summed E-state index contributed by atoms with van der Waals surface area (Å²) in [5, 5.41) is 3.82. The highest BCUT2D eigenvalue weighted by atomic mass is 15.0. The smallest absolute Gasteiger partial charge is 0.160 e. The lowest BCUT2D eigenvalue weighted by atomic mass is 9.95. The molecule has 0 saturated heterocycles.